The van der Waals surface area contributed by atoms with Gasteiger partial charge in [0.1, 0.15) is 5.78 Å². The Hall–Kier alpha value is -0.860. The van der Waals surface area contributed by atoms with Gasteiger partial charge in [0, 0.05) is 19.3 Å². The second kappa shape index (κ2) is 6.02. The van der Waals surface area contributed by atoms with E-state index in [1.165, 1.54) is 6.92 Å². The molecule has 0 N–H and O–H groups in total. The van der Waals surface area contributed by atoms with Crippen molar-refractivity contribution in [1.82, 2.24) is 0 Å². The standard InChI is InChI=1S/C13H22O3/c1-9-4-5-12(13(15)8-9)10(2)6-7-16-11(3)14/h9-10,12H,4-8H2,1-3H3. The van der Waals surface area contributed by atoms with Gasteiger partial charge in [-0.2, -0.15) is 0 Å². The van der Waals surface area contributed by atoms with E-state index >= 15 is 0 Å². The molecule has 1 saturated carbocycles. The molecular weight excluding hydrogens is 204 g/mol. The summed E-state index contributed by atoms with van der Waals surface area (Å²) in [5.41, 5.74) is 0. The summed E-state index contributed by atoms with van der Waals surface area (Å²) >= 11 is 0. The number of hydrogen-bond acceptors (Lipinski definition) is 3. The van der Waals surface area contributed by atoms with Crippen LogP contribution in [0.3, 0.4) is 0 Å². The average molecular weight is 226 g/mol. The van der Waals surface area contributed by atoms with E-state index in [0.29, 0.717) is 24.2 Å². The van der Waals surface area contributed by atoms with Crippen LogP contribution in [0.2, 0.25) is 0 Å². The topological polar surface area (TPSA) is 43.4 Å². The van der Waals surface area contributed by atoms with Crippen LogP contribution in [0.25, 0.3) is 0 Å². The van der Waals surface area contributed by atoms with Gasteiger partial charge in [-0.3, -0.25) is 9.59 Å². The zero-order valence-corrected chi connectivity index (χ0v) is 10.5. The van der Waals surface area contributed by atoms with Crippen molar-refractivity contribution in [1.29, 1.82) is 0 Å². The van der Waals surface area contributed by atoms with Crippen LogP contribution >= 0.6 is 0 Å². The zero-order chi connectivity index (χ0) is 12.1. The van der Waals surface area contributed by atoms with Gasteiger partial charge in [-0.1, -0.05) is 13.8 Å². The summed E-state index contributed by atoms with van der Waals surface area (Å²) in [6, 6.07) is 0. The van der Waals surface area contributed by atoms with Crippen LogP contribution in [0, 0.1) is 17.8 Å². The first-order valence-corrected chi connectivity index (χ1v) is 6.16. The van der Waals surface area contributed by atoms with Crippen molar-refractivity contribution in [3.63, 3.8) is 0 Å². The summed E-state index contributed by atoms with van der Waals surface area (Å²) in [7, 11) is 0. The number of Topliss-reactive ketones (excluding diaryl/α,β-unsaturated/α-hetero) is 1. The first-order valence-electron chi connectivity index (χ1n) is 6.16. The second-order valence-corrected chi connectivity index (χ2v) is 5.07. The van der Waals surface area contributed by atoms with Crippen molar-refractivity contribution in [2.45, 2.75) is 46.5 Å². The number of esters is 1. The molecule has 1 rings (SSSR count). The van der Waals surface area contributed by atoms with Gasteiger partial charge in [-0.05, 0) is 31.1 Å². The highest BCUT2D eigenvalue weighted by Crippen LogP contribution is 2.31. The Morgan fingerprint density at radius 2 is 2.19 bits per heavy atom. The predicted molar refractivity (Wildman–Crippen MR) is 61.9 cm³/mol. The van der Waals surface area contributed by atoms with E-state index in [0.717, 1.165) is 25.7 Å². The van der Waals surface area contributed by atoms with Gasteiger partial charge in [-0.25, -0.2) is 0 Å². The fraction of sp³-hybridized carbons (Fsp3) is 0.846. The molecule has 3 nitrogen and oxygen atoms in total. The second-order valence-electron chi connectivity index (χ2n) is 5.07. The third-order valence-electron chi connectivity index (χ3n) is 3.50. The molecule has 1 fully saturated rings. The SMILES string of the molecule is CC(=O)OCCC(C)C1CCC(C)CC1=O. The van der Waals surface area contributed by atoms with E-state index in [4.69, 9.17) is 4.74 Å². The van der Waals surface area contributed by atoms with Gasteiger partial charge in [0.2, 0.25) is 0 Å². The van der Waals surface area contributed by atoms with Crippen molar-refractivity contribution in [3.05, 3.63) is 0 Å². The lowest BCUT2D eigenvalue weighted by atomic mass is 9.75. The molecule has 3 heteroatoms. The Kier molecular flexibility index (Phi) is 4.97. The van der Waals surface area contributed by atoms with Gasteiger partial charge >= 0.3 is 5.97 Å². The largest absolute Gasteiger partial charge is 0.466 e. The number of hydrogen-bond donors (Lipinski definition) is 0. The lowest BCUT2D eigenvalue weighted by Crippen LogP contribution is -2.29. The summed E-state index contributed by atoms with van der Waals surface area (Å²) in [4.78, 5) is 22.5. The lowest BCUT2D eigenvalue weighted by Gasteiger charge is -2.29. The molecule has 0 saturated heterocycles. The van der Waals surface area contributed by atoms with Crippen molar-refractivity contribution >= 4 is 11.8 Å². The van der Waals surface area contributed by atoms with Crippen LogP contribution in [-0.2, 0) is 14.3 Å². The van der Waals surface area contributed by atoms with Gasteiger partial charge in [0.15, 0.2) is 0 Å². The minimum atomic E-state index is -0.240. The van der Waals surface area contributed by atoms with Crippen molar-refractivity contribution in [3.8, 4) is 0 Å². The monoisotopic (exact) mass is 226 g/mol. The molecule has 0 radical (unpaired) electrons. The highest BCUT2D eigenvalue weighted by atomic mass is 16.5. The molecule has 1 aliphatic carbocycles. The van der Waals surface area contributed by atoms with Crippen LogP contribution in [0.4, 0.5) is 0 Å². The number of carbonyl (C=O) groups excluding carboxylic acids is 2. The number of rotatable bonds is 4. The molecule has 0 aromatic heterocycles. The first-order chi connectivity index (χ1) is 7.50. The highest BCUT2D eigenvalue weighted by molar-refractivity contribution is 5.82. The fourth-order valence-electron chi connectivity index (χ4n) is 2.41. The maximum atomic E-state index is 11.8. The van der Waals surface area contributed by atoms with E-state index in [2.05, 4.69) is 13.8 Å². The van der Waals surface area contributed by atoms with E-state index in [9.17, 15) is 9.59 Å². The van der Waals surface area contributed by atoms with Crippen LogP contribution in [0.1, 0.15) is 46.5 Å². The quantitative estimate of drug-likeness (QED) is 0.692. The molecule has 3 atom stereocenters. The summed E-state index contributed by atoms with van der Waals surface area (Å²) in [6.45, 7) is 6.08. The van der Waals surface area contributed by atoms with Gasteiger partial charge < -0.3 is 4.74 Å². The Balaban J connectivity index is 2.33. The summed E-state index contributed by atoms with van der Waals surface area (Å²) < 4.78 is 4.91. The number of ketones is 1. The molecule has 0 aromatic rings. The average Bonchev–Trinajstić information content (AvgIpc) is 2.16. The summed E-state index contributed by atoms with van der Waals surface area (Å²) in [6.07, 6.45) is 3.67. The normalized spacial score (nSPS) is 27.6. The Labute approximate surface area is 97.5 Å². The highest BCUT2D eigenvalue weighted by Gasteiger charge is 2.30. The van der Waals surface area contributed by atoms with Gasteiger partial charge in [-0.15, -0.1) is 0 Å². The van der Waals surface area contributed by atoms with Crippen molar-refractivity contribution in [2.75, 3.05) is 6.61 Å². The fourth-order valence-corrected chi connectivity index (χ4v) is 2.41. The molecule has 0 spiro atoms. The lowest BCUT2D eigenvalue weighted by molar-refractivity contribution is -0.141. The van der Waals surface area contributed by atoms with Crippen LogP contribution in [0.15, 0.2) is 0 Å². The molecule has 3 unspecified atom stereocenters. The molecule has 0 bridgehead atoms. The van der Waals surface area contributed by atoms with Crippen molar-refractivity contribution < 1.29 is 14.3 Å². The number of ether oxygens (including phenoxy) is 1. The maximum absolute atomic E-state index is 11.8. The molecule has 16 heavy (non-hydrogen) atoms. The zero-order valence-electron chi connectivity index (χ0n) is 10.5. The molecule has 92 valence electrons. The minimum Gasteiger partial charge on any atom is -0.466 e. The van der Waals surface area contributed by atoms with Crippen LogP contribution in [0.5, 0.6) is 0 Å². The van der Waals surface area contributed by atoms with E-state index in [-0.39, 0.29) is 11.9 Å². The minimum absolute atomic E-state index is 0.187. The predicted octanol–water partition coefficient (Wildman–Crippen LogP) is 2.58. The van der Waals surface area contributed by atoms with Crippen LogP contribution < -0.4 is 0 Å². The van der Waals surface area contributed by atoms with Gasteiger partial charge in [0.25, 0.3) is 0 Å². The van der Waals surface area contributed by atoms with Gasteiger partial charge in [0.05, 0.1) is 6.61 Å². The first kappa shape index (κ1) is 13.2. The third-order valence-corrected chi connectivity index (χ3v) is 3.50. The Morgan fingerprint density at radius 1 is 1.50 bits per heavy atom. The molecule has 1 aliphatic rings. The summed E-state index contributed by atoms with van der Waals surface area (Å²) in [5, 5.41) is 0. The molecule has 0 aliphatic heterocycles. The molecule has 0 aromatic carbocycles. The van der Waals surface area contributed by atoms with Crippen LogP contribution in [-0.4, -0.2) is 18.4 Å². The molecule has 0 heterocycles. The van der Waals surface area contributed by atoms with E-state index < -0.39 is 0 Å². The Morgan fingerprint density at radius 3 is 2.75 bits per heavy atom. The van der Waals surface area contributed by atoms with E-state index in [1.807, 2.05) is 0 Å². The molecule has 0 amide bonds. The number of carbonyl (C=O) groups is 2. The van der Waals surface area contributed by atoms with E-state index in [1.54, 1.807) is 0 Å². The third kappa shape index (κ3) is 3.95. The Bertz CT molecular complexity index is 260. The maximum Gasteiger partial charge on any atom is 0.302 e. The molecular formula is C13H22O3. The summed E-state index contributed by atoms with van der Waals surface area (Å²) in [5.74, 6) is 1.22. The smallest absolute Gasteiger partial charge is 0.302 e. The van der Waals surface area contributed by atoms with Crippen molar-refractivity contribution in [2.24, 2.45) is 17.8 Å².